The third-order valence-electron chi connectivity index (χ3n) is 6.03. The number of amides is 1. The Kier molecular flexibility index (Phi) is 5.98. The Hall–Kier alpha value is -1.84. The van der Waals surface area contributed by atoms with Crippen LogP contribution in [0.1, 0.15) is 32.1 Å². The zero-order valence-corrected chi connectivity index (χ0v) is 17.4. The second kappa shape index (κ2) is 8.49. The average molecular weight is 425 g/mol. The number of fused-ring (bicyclic) bond motifs is 2. The van der Waals surface area contributed by atoms with Crippen LogP contribution < -0.4 is 14.8 Å². The van der Waals surface area contributed by atoms with E-state index in [0.29, 0.717) is 44.3 Å². The van der Waals surface area contributed by atoms with Gasteiger partial charge in [0.05, 0.1) is 11.5 Å². The van der Waals surface area contributed by atoms with E-state index >= 15 is 0 Å². The van der Waals surface area contributed by atoms with Crippen molar-refractivity contribution < 1.29 is 27.4 Å². The molecule has 4 rings (SSSR count). The summed E-state index contributed by atoms with van der Waals surface area (Å²) in [6.07, 6.45) is 4.37. The molecule has 1 saturated carbocycles. The molecule has 0 radical (unpaired) electrons. The third kappa shape index (κ3) is 3.95. The molecule has 0 unspecified atom stereocenters. The van der Waals surface area contributed by atoms with Gasteiger partial charge in [0.15, 0.2) is 11.5 Å². The van der Waals surface area contributed by atoms with E-state index in [1.54, 1.807) is 19.2 Å². The minimum Gasteiger partial charge on any atom is -0.486 e. The Balaban J connectivity index is 1.65. The zero-order chi connectivity index (χ0) is 20.4. The van der Waals surface area contributed by atoms with Gasteiger partial charge in [0, 0.05) is 25.8 Å². The molecule has 2 fully saturated rings. The highest BCUT2D eigenvalue weighted by Gasteiger charge is 2.51. The SMILES string of the molecule is COCCNC(=O)[C@@H]1C[C@@H]2CCCC[C@H]2N1S(=O)(=O)c1ccc2c(c1)OCCO2. The number of hydrogen-bond acceptors (Lipinski definition) is 6. The van der Waals surface area contributed by atoms with Crippen molar-refractivity contribution in [1.29, 1.82) is 0 Å². The lowest BCUT2D eigenvalue weighted by Gasteiger charge is -2.33. The molecule has 0 aromatic heterocycles. The summed E-state index contributed by atoms with van der Waals surface area (Å²) >= 11 is 0. The van der Waals surface area contributed by atoms with Crippen LogP contribution in [0, 0.1) is 5.92 Å². The summed E-state index contributed by atoms with van der Waals surface area (Å²) < 4.78 is 44.8. The van der Waals surface area contributed by atoms with Crippen LogP contribution in [0.25, 0.3) is 0 Å². The minimum atomic E-state index is -3.86. The van der Waals surface area contributed by atoms with Crippen molar-refractivity contribution in [3.63, 3.8) is 0 Å². The molecule has 160 valence electrons. The van der Waals surface area contributed by atoms with E-state index in [2.05, 4.69) is 5.32 Å². The first-order valence-electron chi connectivity index (χ1n) is 10.2. The fraction of sp³-hybridized carbons (Fsp3) is 0.650. The summed E-state index contributed by atoms with van der Waals surface area (Å²) in [5.41, 5.74) is 0. The lowest BCUT2D eigenvalue weighted by Crippen LogP contribution is -2.49. The van der Waals surface area contributed by atoms with Crippen LogP contribution in [0.3, 0.4) is 0 Å². The highest BCUT2D eigenvalue weighted by atomic mass is 32.2. The number of rotatable bonds is 6. The van der Waals surface area contributed by atoms with Crippen molar-refractivity contribution in [2.75, 3.05) is 33.5 Å². The van der Waals surface area contributed by atoms with E-state index in [0.717, 1.165) is 25.7 Å². The van der Waals surface area contributed by atoms with Crippen molar-refractivity contribution in [1.82, 2.24) is 9.62 Å². The smallest absolute Gasteiger partial charge is 0.244 e. The van der Waals surface area contributed by atoms with Crippen LogP contribution in [-0.2, 0) is 19.6 Å². The van der Waals surface area contributed by atoms with E-state index in [9.17, 15) is 13.2 Å². The van der Waals surface area contributed by atoms with Gasteiger partial charge >= 0.3 is 0 Å². The Morgan fingerprint density at radius 3 is 2.76 bits per heavy atom. The zero-order valence-electron chi connectivity index (χ0n) is 16.6. The average Bonchev–Trinajstić information content (AvgIpc) is 3.14. The molecule has 0 bridgehead atoms. The first kappa shape index (κ1) is 20.4. The maximum atomic E-state index is 13.6. The molecule has 1 aromatic carbocycles. The Labute approximate surface area is 171 Å². The number of nitrogens with zero attached hydrogens (tertiary/aromatic N) is 1. The highest BCUT2D eigenvalue weighted by molar-refractivity contribution is 7.89. The van der Waals surface area contributed by atoms with Gasteiger partial charge in [0.1, 0.15) is 19.3 Å². The second-order valence-electron chi connectivity index (χ2n) is 7.79. The van der Waals surface area contributed by atoms with E-state index in [-0.39, 0.29) is 22.8 Å². The van der Waals surface area contributed by atoms with Gasteiger partial charge in [-0.1, -0.05) is 12.8 Å². The van der Waals surface area contributed by atoms with E-state index in [1.807, 2.05) is 0 Å². The van der Waals surface area contributed by atoms with Gasteiger partial charge in [-0.05, 0) is 37.3 Å². The summed E-state index contributed by atoms with van der Waals surface area (Å²) in [5, 5.41) is 2.82. The molecule has 8 nitrogen and oxygen atoms in total. The number of ether oxygens (including phenoxy) is 3. The highest BCUT2D eigenvalue weighted by Crippen LogP contribution is 2.43. The predicted octanol–water partition coefficient (Wildman–Crippen LogP) is 1.54. The number of nitrogens with one attached hydrogen (secondary N) is 1. The lowest BCUT2D eigenvalue weighted by atomic mass is 9.85. The largest absolute Gasteiger partial charge is 0.486 e. The van der Waals surface area contributed by atoms with Crippen molar-refractivity contribution in [2.45, 2.75) is 49.1 Å². The lowest BCUT2D eigenvalue weighted by molar-refractivity contribution is -0.124. The van der Waals surface area contributed by atoms with Crippen LogP contribution in [0.2, 0.25) is 0 Å². The van der Waals surface area contributed by atoms with Crippen LogP contribution in [-0.4, -0.2) is 64.2 Å². The van der Waals surface area contributed by atoms with Gasteiger partial charge in [-0.25, -0.2) is 8.42 Å². The van der Waals surface area contributed by atoms with Gasteiger partial charge in [-0.3, -0.25) is 4.79 Å². The molecule has 3 aliphatic rings. The molecule has 29 heavy (non-hydrogen) atoms. The Morgan fingerprint density at radius 1 is 1.21 bits per heavy atom. The summed E-state index contributed by atoms with van der Waals surface area (Å²) in [5.74, 6) is 0.935. The molecular weight excluding hydrogens is 396 g/mol. The van der Waals surface area contributed by atoms with Gasteiger partial charge in [-0.15, -0.1) is 0 Å². The fourth-order valence-electron chi connectivity index (χ4n) is 4.69. The Bertz CT molecular complexity index is 859. The van der Waals surface area contributed by atoms with Crippen LogP contribution >= 0.6 is 0 Å². The van der Waals surface area contributed by atoms with E-state index in [1.165, 1.54) is 10.4 Å². The van der Waals surface area contributed by atoms with Gasteiger partial charge in [-0.2, -0.15) is 4.31 Å². The number of benzene rings is 1. The van der Waals surface area contributed by atoms with E-state index < -0.39 is 16.1 Å². The van der Waals surface area contributed by atoms with Crippen molar-refractivity contribution in [3.05, 3.63) is 18.2 Å². The van der Waals surface area contributed by atoms with E-state index in [4.69, 9.17) is 14.2 Å². The van der Waals surface area contributed by atoms with Crippen molar-refractivity contribution >= 4 is 15.9 Å². The maximum Gasteiger partial charge on any atom is 0.244 e. The van der Waals surface area contributed by atoms with Crippen molar-refractivity contribution in [3.8, 4) is 11.5 Å². The molecule has 2 heterocycles. The number of sulfonamides is 1. The van der Waals surface area contributed by atoms with Crippen LogP contribution in [0.15, 0.2) is 23.1 Å². The Morgan fingerprint density at radius 2 is 1.97 bits per heavy atom. The first-order valence-corrected chi connectivity index (χ1v) is 11.7. The standard InChI is InChI=1S/C20H28N2O6S/c1-26-9-8-21-20(23)17-12-14-4-2-3-5-16(14)22(17)29(24,25)15-6-7-18-19(13-15)28-11-10-27-18/h6-7,13-14,16-17H,2-5,8-12H2,1H3,(H,21,23)/t14-,16+,17-/m0/s1. The summed E-state index contributed by atoms with van der Waals surface area (Å²) in [4.78, 5) is 13.0. The molecule has 0 spiro atoms. The predicted molar refractivity (Wildman–Crippen MR) is 105 cm³/mol. The first-order chi connectivity index (χ1) is 14.0. The van der Waals surface area contributed by atoms with Gasteiger partial charge in [0.25, 0.3) is 0 Å². The van der Waals surface area contributed by atoms with Gasteiger partial charge < -0.3 is 19.5 Å². The number of carbonyl (C=O) groups is 1. The molecule has 3 atom stereocenters. The normalized spacial score (nSPS) is 26.7. The number of hydrogen-bond donors (Lipinski definition) is 1. The molecule has 1 N–H and O–H groups in total. The molecule has 1 amide bonds. The van der Waals surface area contributed by atoms with Crippen LogP contribution in [0.4, 0.5) is 0 Å². The van der Waals surface area contributed by atoms with Gasteiger partial charge in [0.2, 0.25) is 15.9 Å². The summed E-state index contributed by atoms with van der Waals surface area (Å²) in [6.45, 7) is 1.58. The number of carbonyl (C=O) groups excluding carboxylic acids is 1. The fourth-order valence-corrected chi connectivity index (χ4v) is 6.58. The quantitative estimate of drug-likeness (QED) is 0.697. The topological polar surface area (TPSA) is 94.2 Å². The molecule has 9 heteroatoms. The maximum absolute atomic E-state index is 13.6. The monoisotopic (exact) mass is 424 g/mol. The summed E-state index contributed by atoms with van der Waals surface area (Å²) in [7, 11) is -2.30. The molecule has 1 aromatic rings. The van der Waals surface area contributed by atoms with Crippen LogP contribution in [0.5, 0.6) is 11.5 Å². The third-order valence-corrected chi connectivity index (χ3v) is 7.96. The molecule has 2 aliphatic heterocycles. The summed E-state index contributed by atoms with van der Waals surface area (Å²) in [6, 6.07) is 3.85. The van der Waals surface area contributed by atoms with Crippen molar-refractivity contribution in [2.24, 2.45) is 5.92 Å². The number of methoxy groups -OCH3 is 1. The molecule has 1 saturated heterocycles. The minimum absolute atomic E-state index is 0.139. The second-order valence-corrected chi connectivity index (χ2v) is 9.63. The molecular formula is C20H28N2O6S. The molecule has 1 aliphatic carbocycles.